The van der Waals surface area contributed by atoms with Crippen molar-refractivity contribution in [1.29, 1.82) is 0 Å². The first-order valence-electron chi connectivity index (χ1n) is 5.84. The highest BCUT2D eigenvalue weighted by Crippen LogP contribution is 2.24. The van der Waals surface area contributed by atoms with E-state index in [9.17, 15) is 4.79 Å². The lowest BCUT2D eigenvalue weighted by atomic mass is 9.99. The summed E-state index contributed by atoms with van der Waals surface area (Å²) in [6.07, 6.45) is 0.948. The standard InChI is InChI=1S/C14H20O2/c1-5-8-16-14-7-6-12(10(2)3)9-13(14)11(4)15/h6-7,9-10H,5,8H2,1-4H3. The van der Waals surface area contributed by atoms with E-state index < -0.39 is 0 Å². The molecule has 0 bridgehead atoms. The first-order chi connectivity index (χ1) is 7.56. The summed E-state index contributed by atoms with van der Waals surface area (Å²) in [4.78, 5) is 11.5. The first kappa shape index (κ1) is 12.8. The normalized spacial score (nSPS) is 10.6. The zero-order chi connectivity index (χ0) is 12.1. The minimum absolute atomic E-state index is 0.0635. The van der Waals surface area contributed by atoms with E-state index in [-0.39, 0.29) is 5.78 Å². The van der Waals surface area contributed by atoms with Crippen molar-refractivity contribution in [2.45, 2.75) is 40.0 Å². The maximum absolute atomic E-state index is 11.5. The van der Waals surface area contributed by atoms with Crippen LogP contribution < -0.4 is 4.74 Å². The molecule has 1 rings (SSSR count). The molecule has 0 saturated carbocycles. The quantitative estimate of drug-likeness (QED) is 0.705. The fourth-order valence-corrected chi connectivity index (χ4v) is 1.52. The zero-order valence-electron chi connectivity index (χ0n) is 10.5. The van der Waals surface area contributed by atoms with Crippen LogP contribution >= 0.6 is 0 Å². The van der Waals surface area contributed by atoms with Gasteiger partial charge in [0.1, 0.15) is 5.75 Å². The number of ketones is 1. The highest BCUT2D eigenvalue weighted by atomic mass is 16.5. The summed E-state index contributed by atoms with van der Waals surface area (Å²) in [5.41, 5.74) is 1.87. The molecule has 0 atom stereocenters. The topological polar surface area (TPSA) is 26.3 Å². The van der Waals surface area contributed by atoms with Crippen LogP contribution in [0, 0.1) is 0 Å². The summed E-state index contributed by atoms with van der Waals surface area (Å²) in [7, 11) is 0. The largest absolute Gasteiger partial charge is 0.493 e. The Morgan fingerprint density at radius 2 is 2.06 bits per heavy atom. The van der Waals surface area contributed by atoms with E-state index in [1.165, 1.54) is 5.56 Å². The van der Waals surface area contributed by atoms with Gasteiger partial charge < -0.3 is 4.74 Å². The summed E-state index contributed by atoms with van der Waals surface area (Å²) < 4.78 is 5.56. The van der Waals surface area contributed by atoms with Crippen LogP contribution in [-0.4, -0.2) is 12.4 Å². The van der Waals surface area contributed by atoms with Gasteiger partial charge in [0.25, 0.3) is 0 Å². The van der Waals surface area contributed by atoms with Gasteiger partial charge in [0, 0.05) is 0 Å². The molecule has 2 heteroatoms. The molecule has 0 spiro atoms. The van der Waals surface area contributed by atoms with Gasteiger partial charge >= 0.3 is 0 Å². The van der Waals surface area contributed by atoms with Crippen LogP contribution in [0.2, 0.25) is 0 Å². The maximum Gasteiger partial charge on any atom is 0.163 e. The van der Waals surface area contributed by atoms with Crippen LogP contribution in [0.3, 0.4) is 0 Å². The lowest BCUT2D eigenvalue weighted by molar-refractivity contribution is 0.101. The molecule has 0 saturated heterocycles. The number of Topliss-reactive ketones (excluding diaryl/α,β-unsaturated/α-hetero) is 1. The number of ether oxygens (including phenoxy) is 1. The Morgan fingerprint density at radius 3 is 2.56 bits per heavy atom. The number of benzene rings is 1. The fraction of sp³-hybridized carbons (Fsp3) is 0.500. The van der Waals surface area contributed by atoms with Crippen molar-refractivity contribution in [2.75, 3.05) is 6.61 Å². The molecule has 88 valence electrons. The van der Waals surface area contributed by atoms with Crippen molar-refractivity contribution in [3.8, 4) is 5.75 Å². The predicted molar refractivity (Wildman–Crippen MR) is 66.3 cm³/mol. The Hall–Kier alpha value is -1.31. The van der Waals surface area contributed by atoms with E-state index >= 15 is 0 Å². The monoisotopic (exact) mass is 220 g/mol. The predicted octanol–water partition coefficient (Wildman–Crippen LogP) is 3.80. The molecular weight excluding hydrogens is 200 g/mol. The van der Waals surface area contributed by atoms with Gasteiger partial charge in [0.15, 0.2) is 5.78 Å². The van der Waals surface area contributed by atoms with Gasteiger partial charge in [-0.2, -0.15) is 0 Å². The summed E-state index contributed by atoms with van der Waals surface area (Å²) in [5.74, 6) is 1.20. The van der Waals surface area contributed by atoms with E-state index in [4.69, 9.17) is 4.74 Å². The Bertz CT molecular complexity index is 367. The second-order valence-corrected chi connectivity index (χ2v) is 4.31. The Kier molecular flexibility index (Phi) is 4.53. The molecule has 1 aromatic carbocycles. The average molecular weight is 220 g/mol. The molecule has 0 fully saturated rings. The van der Waals surface area contributed by atoms with Crippen molar-refractivity contribution in [2.24, 2.45) is 0 Å². The van der Waals surface area contributed by atoms with Gasteiger partial charge in [0.05, 0.1) is 12.2 Å². The molecule has 0 heterocycles. The summed E-state index contributed by atoms with van der Waals surface area (Å²) in [5, 5.41) is 0. The number of carbonyl (C=O) groups excluding carboxylic acids is 1. The van der Waals surface area contributed by atoms with Crippen LogP contribution in [0.15, 0.2) is 18.2 Å². The molecule has 0 aliphatic heterocycles. The maximum atomic E-state index is 11.5. The van der Waals surface area contributed by atoms with Crippen molar-refractivity contribution >= 4 is 5.78 Å². The summed E-state index contributed by atoms with van der Waals surface area (Å²) in [6, 6.07) is 5.88. The van der Waals surface area contributed by atoms with E-state index in [1.807, 2.05) is 18.2 Å². The second-order valence-electron chi connectivity index (χ2n) is 4.31. The third kappa shape index (κ3) is 3.09. The summed E-state index contributed by atoms with van der Waals surface area (Å²) in [6.45, 7) is 8.52. The minimum atomic E-state index is 0.0635. The van der Waals surface area contributed by atoms with Crippen LogP contribution in [0.5, 0.6) is 5.75 Å². The van der Waals surface area contributed by atoms with Crippen molar-refractivity contribution < 1.29 is 9.53 Å². The van der Waals surface area contributed by atoms with E-state index in [2.05, 4.69) is 20.8 Å². The van der Waals surface area contributed by atoms with Crippen LogP contribution in [0.4, 0.5) is 0 Å². The van der Waals surface area contributed by atoms with Crippen molar-refractivity contribution in [3.63, 3.8) is 0 Å². The van der Waals surface area contributed by atoms with Gasteiger partial charge in [-0.15, -0.1) is 0 Å². The highest BCUT2D eigenvalue weighted by Gasteiger charge is 2.10. The Labute approximate surface area is 97.6 Å². The van der Waals surface area contributed by atoms with Crippen LogP contribution in [-0.2, 0) is 0 Å². The lowest BCUT2D eigenvalue weighted by Gasteiger charge is -2.12. The first-order valence-corrected chi connectivity index (χ1v) is 5.84. The zero-order valence-corrected chi connectivity index (χ0v) is 10.5. The van der Waals surface area contributed by atoms with Crippen LogP contribution in [0.1, 0.15) is 56.0 Å². The smallest absolute Gasteiger partial charge is 0.163 e. The highest BCUT2D eigenvalue weighted by molar-refractivity contribution is 5.97. The summed E-state index contributed by atoms with van der Waals surface area (Å²) >= 11 is 0. The molecule has 0 aromatic heterocycles. The van der Waals surface area contributed by atoms with Crippen molar-refractivity contribution in [3.05, 3.63) is 29.3 Å². The molecule has 0 aliphatic carbocycles. The fourth-order valence-electron chi connectivity index (χ4n) is 1.52. The third-order valence-electron chi connectivity index (χ3n) is 2.51. The number of rotatable bonds is 5. The third-order valence-corrected chi connectivity index (χ3v) is 2.51. The van der Waals surface area contributed by atoms with Gasteiger partial charge in [0.2, 0.25) is 0 Å². The SMILES string of the molecule is CCCOc1ccc(C(C)C)cc1C(C)=O. The van der Waals surface area contributed by atoms with E-state index in [1.54, 1.807) is 6.92 Å². The van der Waals surface area contributed by atoms with Crippen molar-refractivity contribution in [1.82, 2.24) is 0 Å². The molecule has 0 aliphatic rings. The van der Waals surface area contributed by atoms with E-state index in [0.717, 1.165) is 6.42 Å². The molecule has 0 unspecified atom stereocenters. The Morgan fingerprint density at radius 1 is 1.38 bits per heavy atom. The molecular formula is C14H20O2. The average Bonchev–Trinajstić information content (AvgIpc) is 2.25. The van der Waals surface area contributed by atoms with Gasteiger partial charge in [-0.05, 0) is 37.0 Å². The van der Waals surface area contributed by atoms with E-state index in [0.29, 0.717) is 23.8 Å². The Balaban J connectivity index is 3.04. The molecule has 2 nitrogen and oxygen atoms in total. The molecule has 0 amide bonds. The lowest BCUT2D eigenvalue weighted by Crippen LogP contribution is -2.03. The molecule has 0 N–H and O–H groups in total. The van der Waals surface area contributed by atoms with Gasteiger partial charge in [-0.1, -0.05) is 26.8 Å². The molecule has 0 radical (unpaired) electrons. The van der Waals surface area contributed by atoms with Crippen LogP contribution in [0.25, 0.3) is 0 Å². The minimum Gasteiger partial charge on any atom is -0.493 e. The molecule has 16 heavy (non-hydrogen) atoms. The second kappa shape index (κ2) is 5.69. The molecule has 1 aromatic rings. The number of carbonyl (C=O) groups is 1. The number of hydrogen-bond acceptors (Lipinski definition) is 2. The van der Waals surface area contributed by atoms with Gasteiger partial charge in [-0.25, -0.2) is 0 Å². The number of hydrogen-bond donors (Lipinski definition) is 0. The van der Waals surface area contributed by atoms with Gasteiger partial charge in [-0.3, -0.25) is 4.79 Å².